The average Bonchev–Trinajstić information content (AvgIpc) is 2.51. The zero-order valence-corrected chi connectivity index (χ0v) is 14.1. The summed E-state index contributed by atoms with van der Waals surface area (Å²) in [5, 5.41) is 21.9. The fourth-order valence-corrected chi connectivity index (χ4v) is 2.11. The summed E-state index contributed by atoms with van der Waals surface area (Å²) in [6, 6.07) is 3.00. The molecule has 0 saturated heterocycles. The normalized spacial score (nSPS) is 11.1. The molecule has 0 atom stereocenters. The van der Waals surface area contributed by atoms with Crippen molar-refractivity contribution in [1.82, 2.24) is 5.32 Å². The van der Waals surface area contributed by atoms with Gasteiger partial charge in [0.2, 0.25) is 11.7 Å². The molecule has 0 aliphatic rings. The maximum Gasteiger partial charge on any atom is 0.220 e. The van der Waals surface area contributed by atoms with Crippen LogP contribution in [0.25, 0.3) is 0 Å². The Hall–Kier alpha value is -2.17. The van der Waals surface area contributed by atoms with Crippen molar-refractivity contribution in [3.63, 3.8) is 0 Å². The minimum absolute atomic E-state index is 0.0237. The van der Waals surface area contributed by atoms with E-state index in [2.05, 4.69) is 31.3 Å². The fraction of sp³-hybridized carbons (Fsp3) is 0.500. The summed E-state index contributed by atoms with van der Waals surface area (Å²) in [4.78, 5) is 11.8. The van der Waals surface area contributed by atoms with E-state index in [0.29, 0.717) is 17.9 Å². The van der Waals surface area contributed by atoms with Crippen molar-refractivity contribution < 1.29 is 19.7 Å². The Balaban J connectivity index is 2.32. The Morgan fingerprint density at radius 3 is 2.70 bits per heavy atom. The highest BCUT2D eigenvalue weighted by Gasteiger charge is 2.10. The number of rotatable bonds is 9. The SMILES string of the molecule is COc1cc(CNC(=O)CCCCC=CC(C)C)cc(O)c1O. The zero-order chi connectivity index (χ0) is 17.2. The number of ether oxygens (including phenoxy) is 1. The quantitative estimate of drug-likeness (QED) is 0.369. The summed E-state index contributed by atoms with van der Waals surface area (Å²) in [5.74, 6) is 0.176. The van der Waals surface area contributed by atoms with Crippen molar-refractivity contribution in [1.29, 1.82) is 0 Å². The molecular formula is C18H27NO4. The predicted molar refractivity (Wildman–Crippen MR) is 90.6 cm³/mol. The van der Waals surface area contributed by atoms with Gasteiger partial charge in [0.15, 0.2) is 11.5 Å². The minimum Gasteiger partial charge on any atom is -0.504 e. The molecule has 0 unspecified atom stereocenters. The van der Waals surface area contributed by atoms with Crippen molar-refractivity contribution in [2.45, 2.75) is 46.1 Å². The Bertz CT molecular complexity index is 538. The smallest absolute Gasteiger partial charge is 0.220 e. The van der Waals surface area contributed by atoms with Crippen LogP contribution in [0.5, 0.6) is 17.2 Å². The highest BCUT2D eigenvalue weighted by molar-refractivity contribution is 5.75. The van der Waals surface area contributed by atoms with Crippen LogP contribution in [-0.2, 0) is 11.3 Å². The Morgan fingerprint density at radius 1 is 1.30 bits per heavy atom. The molecule has 0 radical (unpaired) electrons. The molecule has 5 heteroatoms. The third-order valence-corrected chi connectivity index (χ3v) is 3.37. The first kappa shape index (κ1) is 18.9. The number of carbonyl (C=O) groups is 1. The van der Waals surface area contributed by atoms with Gasteiger partial charge in [0.1, 0.15) is 0 Å². The summed E-state index contributed by atoms with van der Waals surface area (Å²) < 4.78 is 4.96. The number of phenolic OH excluding ortho intramolecular Hbond substituents is 2. The topological polar surface area (TPSA) is 78.8 Å². The van der Waals surface area contributed by atoms with Crippen LogP contribution in [0.3, 0.4) is 0 Å². The van der Waals surface area contributed by atoms with E-state index in [4.69, 9.17) is 4.74 Å². The molecule has 1 rings (SSSR count). The van der Waals surface area contributed by atoms with Crippen molar-refractivity contribution in [2.24, 2.45) is 5.92 Å². The lowest BCUT2D eigenvalue weighted by atomic mass is 10.1. The zero-order valence-electron chi connectivity index (χ0n) is 14.1. The lowest BCUT2D eigenvalue weighted by Gasteiger charge is -2.10. The number of hydrogen-bond donors (Lipinski definition) is 3. The molecule has 0 aromatic heterocycles. The van der Waals surface area contributed by atoms with Crippen molar-refractivity contribution >= 4 is 5.91 Å². The third-order valence-electron chi connectivity index (χ3n) is 3.37. The molecule has 128 valence electrons. The number of allylic oxidation sites excluding steroid dienone is 2. The van der Waals surface area contributed by atoms with E-state index in [1.165, 1.54) is 13.2 Å². The molecule has 0 saturated carbocycles. The minimum atomic E-state index is -0.294. The van der Waals surface area contributed by atoms with Crippen LogP contribution in [0.1, 0.15) is 45.1 Å². The number of carbonyl (C=O) groups excluding carboxylic acids is 1. The summed E-state index contributed by atoms with van der Waals surface area (Å²) in [6.07, 6.45) is 7.65. The van der Waals surface area contributed by atoms with Gasteiger partial charge in [-0.15, -0.1) is 0 Å². The molecule has 3 N–H and O–H groups in total. The van der Waals surface area contributed by atoms with E-state index < -0.39 is 0 Å². The van der Waals surface area contributed by atoms with Gasteiger partial charge < -0.3 is 20.3 Å². The number of unbranched alkanes of at least 4 members (excludes halogenated alkanes) is 2. The van der Waals surface area contributed by atoms with E-state index in [9.17, 15) is 15.0 Å². The second kappa shape index (κ2) is 9.77. The monoisotopic (exact) mass is 321 g/mol. The molecule has 1 aromatic carbocycles. The molecule has 0 aliphatic carbocycles. The molecule has 0 aliphatic heterocycles. The Morgan fingerprint density at radius 2 is 2.04 bits per heavy atom. The molecule has 5 nitrogen and oxygen atoms in total. The van der Waals surface area contributed by atoms with Crippen molar-refractivity contribution in [3.05, 3.63) is 29.8 Å². The van der Waals surface area contributed by atoms with Gasteiger partial charge in [-0.2, -0.15) is 0 Å². The maximum atomic E-state index is 11.8. The molecule has 0 bridgehead atoms. The van der Waals surface area contributed by atoms with Crippen LogP contribution in [0, 0.1) is 5.92 Å². The summed E-state index contributed by atoms with van der Waals surface area (Å²) >= 11 is 0. The van der Waals surface area contributed by atoms with Gasteiger partial charge in [0, 0.05) is 13.0 Å². The van der Waals surface area contributed by atoms with E-state index >= 15 is 0 Å². The first-order valence-corrected chi connectivity index (χ1v) is 7.96. The summed E-state index contributed by atoms with van der Waals surface area (Å²) in [5.41, 5.74) is 0.672. The molecule has 23 heavy (non-hydrogen) atoms. The van der Waals surface area contributed by atoms with E-state index in [1.54, 1.807) is 6.07 Å². The van der Waals surface area contributed by atoms with Crippen molar-refractivity contribution in [3.8, 4) is 17.2 Å². The second-order valence-electron chi connectivity index (χ2n) is 5.86. The van der Waals surface area contributed by atoms with Crippen molar-refractivity contribution in [2.75, 3.05) is 7.11 Å². The van der Waals surface area contributed by atoms with E-state index in [-0.39, 0.29) is 29.7 Å². The van der Waals surface area contributed by atoms with Gasteiger partial charge in [0.25, 0.3) is 0 Å². The number of benzene rings is 1. The van der Waals surface area contributed by atoms with Crippen LogP contribution >= 0.6 is 0 Å². The van der Waals surface area contributed by atoms with Crippen LogP contribution in [-0.4, -0.2) is 23.2 Å². The van der Waals surface area contributed by atoms with Crippen LogP contribution in [0.4, 0.5) is 0 Å². The second-order valence-corrected chi connectivity index (χ2v) is 5.86. The maximum absolute atomic E-state index is 11.8. The number of aromatic hydroxyl groups is 2. The number of amides is 1. The largest absolute Gasteiger partial charge is 0.504 e. The summed E-state index contributed by atoms with van der Waals surface area (Å²) in [6.45, 7) is 4.57. The van der Waals surface area contributed by atoms with Gasteiger partial charge in [-0.1, -0.05) is 26.0 Å². The first-order valence-electron chi connectivity index (χ1n) is 7.96. The molecular weight excluding hydrogens is 294 g/mol. The van der Waals surface area contributed by atoms with Gasteiger partial charge in [-0.25, -0.2) is 0 Å². The first-order chi connectivity index (χ1) is 10.9. The number of hydrogen-bond acceptors (Lipinski definition) is 4. The third kappa shape index (κ3) is 7.08. The fourth-order valence-electron chi connectivity index (χ4n) is 2.11. The van der Waals surface area contributed by atoms with Crippen LogP contribution in [0.2, 0.25) is 0 Å². The van der Waals surface area contributed by atoms with E-state index in [1.807, 2.05) is 0 Å². The highest BCUT2D eigenvalue weighted by atomic mass is 16.5. The summed E-state index contributed by atoms with van der Waals surface area (Å²) in [7, 11) is 1.41. The molecule has 0 fully saturated rings. The lowest BCUT2D eigenvalue weighted by molar-refractivity contribution is -0.121. The van der Waals surface area contributed by atoms with Crippen LogP contribution in [0.15, 0.2) is 24.3 Å². The molecule has 1 amide bonds. The van der Waals surface area contributed by atoms with Gasteiger partial charge in [0.05, 0.1) is 7.11 Å². The van der Waals surface area contributed by atoms with E-state index in [0.717, 1.165) is 19.3 Å². The predicted octanol–water partition coefficient (Wildman–Crippen LogP) is 3.50. The highest BCUT2D eigenvalue weighted by Crippen LogP contribution is 2.36. The van der Waals surface area contributed by atoms with Gasteiger partial charge in [-0.05, 0) is 42.9 Å². The average molecular weight is 321 g/mol. The Kier molecular flexibility index (Phi) is 8.02. The van der Waals surface area contributed by atoms with Gasteiger partial charge in [-0.3, -0.25) is 4.79 Å². The number of methoxy groups -OCH3 is 1. The molecule has 0 heterocycles. The number of nitrogens with one attached hydrogen (secondary N) is 1. The molecule has 0 spiro atoms. The van der Waals surface area contributed by atoms with Crippen LogP contribution < -0.4 is 10.1 Å². The van der Waals surface area contributed by atoms with Gasteiger partial charge >= 0.3 is 0 Å². The molecule has 1 aromatic rings. The lowest BCUT2D eigenvalue weighted by Crippen LogP contribution is -2.22. The number of phenols is 2. The Labute approximate surface area is 138 Å². The standard InChI is InChI=1S/C18H27NO4/c1-13(2)8-6-4-5-7-9-17(21)19-12-14-10-15(20)18(22)16(11-14)23-3/h6,8,10-11,13,20,22H,4-5,7,9,12H2,1-3H3,(H,19,21).